The molecule has 4 heterocycles. The van der Waals surface area contributed by atoms with Crippen LogP contribution in [0.2, 0.25) is 0 Å². The van der Waals surface area contributed by atoms with Crippen molar-refractivity contribution in [3.8, 4) is 0 Å². The summed E-state index contributed by atoms with van der Waals surface area (Å²) in [5.41, 5.74) is 2.24. The van der Waals surface area contributed by atoms with Crippen molar-refractivity contribution in [2.75, 3.05) is 11.9 Å². The minimum absolute atomic E-state index is 0.623. The number of aromatic nitrogens is 6. The van der Waals surface area contributed by atoms with Gasteiger partial charge in [-0.3, -0.25) is 9.58 Å². The number of nitrogens with zero attached hydrogens (tertiary/aromatic N) is 6. The summed E-state index contributed by atoms with van der Waals surface area (Å²) in [6.45, 7) is 4.23. The van der Waals surface area contributed by atoms with Crippen molar-refractivity contribution in [2.24, 2.45) is 0 Å². The van der Waals surface area contributed by atoms with E-state index in [1.54, 1.807) is 24.7 Å². The van der Waals surface area contributed by atoms with Crippen molar-refractivity contribution < 1.29 is 0 Å². The van der Waals surface area contributed by atoms with E-state index in [-0.39, 0.29) is 0 Å². The summed E-state index contributed by atoms with van der Waals surface area (Å²) in [5, 5.41) is 7.84. The van der Waals surface area contributed by atoms with E-state index in [9.17, 15) is 0 Å². The van der Waals surface area contributed by atoms with Crippen LogP contribution in [0.4, 0.5) is 5.95 Å². The molecule has 3 aromatic rings. The maximum Gasteiger partial charge on any atom is 0.222 e. The van der Waals surface area contributed by atoms with Crippen molar-refractivity contribution >= 4 is 5.95 Å². The molecule has 0 radical (unpaired) electrons. The Morgan fingerprint density at radius 2 is 2.04 bits per heavy atom. The van der Waals surface area contributed by atoms with Crippen molar-refractivity contribution in [2.45, 2.75) is 26.2 Å². The van der Waals surface area contributed by atoms with Crippen LogP contribution in [-0.2, 0) is 26.2 Å². The first-order valence-electron chi connectivity index (χ1n) is 7.64. The second-order valence-corrected chi connectivity index (χ2v) is 5.52. The highest BCUT2D eigenvalue weighted by molar-refractivity contribution is 5.24. The van der Waals surface area contributed by atoms with E-state index in [1.165, 1.54) is 5.69 Å². The summed E-state index contributed by atoms with van der Waals surface area (Å²) < 4.78 is 2.08. The molecule has 3 aromatic heterocycles. The monoisotopic (exact) mass is 310 g/mol. The Kier molecular flexibility index (Phi) is 3.73. The summed E-state index contributed by atoms with van der Waals surface area (Å²) >= 11 is 0. The summed E-state index contributed by atoms with van der Waals surface area (Å²) in [5.74, 6) is 1.62. The van der Waals surface area contributed by atoms with Crippen LogP contribution < -0.4 is 5.32 Å². The van der Waals surface area contributed by atoms with Gasteiger partial charge in [-0.25, -0.2) is 15.0 Å². The molecule has 0 unspecified atom stereocenters. The van der Waals surface area contributed by atoms with E-state index >= 15 is 0 Å². The normalized spacial score (nSPS) is 14.6. The van der Waals surface area contributed by atoms with Gasteiger partial charge >= 0.3 is 0 Å². The largest absolute Gasteiger partial charge is 0.348 e. The average Bonchev–Trinajstić information content (AvgIpc) is 3.23. The maximum absolute atomic E-state index is 4.65. The standard InChI is InChI=1S/C15H18N8/c1-2-18-15(19-3-1)20-9-12-8-13-10-22(6-7-23(13)21-12)11-14-16-4-5-17-14/h1-5,8H,6-7,9-11H2,(H,16,17)(H,18,19,20). The molecule has 23 heavy (non-hydrogen) atoms. The van der Waals surface area contributed by atoms with Crippen molar-refractivity contribution in [3.63, 3.8) is 0 Å². The van der Waals surface area contributed by atoms with Crippen LogP contribution in [0.3, 0.4) is 0 Å². The van der Waals surface area contributed by atoms with E-state index < -0.39 is 0 Å². The zero-order valence-corrected chi connectivity index (χ0v) is 12.7. The van der Waals surface area contributed by atoms with Gasteiger partial charge in [0, 0.05) is 37.9 Å². The molecule has 0 atom stereocenters. The molecule has 0 saturated heterocycles. The Bertz CT molecular complexity index is 749. The van der Waals surface area contributed by atoms with Gasteiger partial charge in [-0.05, 0) is 12.1 Å². The predicted molar refractivity (Wildman–Crippen MR) is 84.3 cm³/mol. The average molecular weight is 310 g/mol. The van der Waals surface area contributed by atoms with Gasteiger partial charge in [0.2, 0.25) is 5.95 Å². The van der Waals surface area contributed by atoms with Crippen LogP contribution in [-0.4, -0.2) is 41.2 Å². The van der Waals surface area contributed by atoms with E-state index in [4.69, 9.17) is 0 Å². The summed E-state index contributed by atoms with van der Waals surface area (Å²) in [6.07, 6.45) is 7.10. The van der Waals surface area contributed by atoms with Gasteiger partial charge in [-0.2, -0.15) is 5.10 Å². The second-order valence-electron chi connectivity index (χ2n) is 5.52. The zero-order valence-electron chi connectivity index (χ0n) is 12.7. The molecule has 1 aliphatic heterocycles. The molecule has 8 nitrogen and oxygen atoms in total. The topological polar surface area (TPSA) is 87.5 Å². The van der Waals surface area contributed by atoms with Gasteiger partial charge < -0.3 is 10.3 Å². The third-order valence-electron chi connectivity index (χ3n) is 3.85. The molecule has 0 spiro atoms. The summed E-state index contributed by atoms with van der Waals surface area (Å²) in [7, 11) is 0. The highest BCUT2D eigenvalue weighted by Crippen LogP contribution is 2.15. The van der Waals surface area contributed by atoms with Gasteiger partial charge in [0.1, 0.15) is 5.82 Å². The van der Waals surface area contributed by atoms with Crippen LogP contribution in [0.25, 0.3) is 0 Å². The highest BCUT2D eigenvalue weighted by atomic mass is 15.3. The zero-order chi connectivity index (χ0) is 15.5. The van der Waals surface area contributed by atoms with E-state index in [2.05, 4.69) is 46.0 Å². The first kappa shape index (κ1) is 13.9. The lowest BCUT2D eigenvalue weighted by Gasteiger charge is -2.26. The van der Waals surface area contributed by atoms with Crippen LogP contribution in [0.1, 0.15) is 17.2 Å². The quantitative estimate of drug-likeness (QED) is 0.732. The number of nitrogens with one attached hydrogen (secondary N) is 2. The van der Waals surface area contributed by atoms with E-state index in [0.717, 1.165) is 37.7 Å². The number of fused-ring (bicyclic) bond motifs is 1. The minimum atomic E-state index is 0.623. The molecule has 4 rings (SSSR count). The van der Waals surface area contributed by atoms with E-state index in [0.29, 0.717) is 12.5 Å². The lowest BCUT2D eigenvalue weighted by atomic mass is 10.2. The molecule has 0 saturated carbocycles. The Morgan fingerprint density at radius 1 is 1.13 bits per heavy atom. The van der Waals surface area contributed by atoms with Crippen LogP contribution in [0.15, 0.2) is 36.9 Å². The molecule has 2 N–H and O–H groups in total. The minimum Gasteiger partial charge on any atom is -0.348 e. The Morgan fingerprint density at radius 3 is 2.87 bits per heavy atom. The number of imidazole rings is 1. The van der Waals surface area contributed by atoms with Gasteiger partial charge in [0.25, 0.3) is 0 Å². The number of hydrogen-bond donors (Lipinski definition) is 2. The number of hydrogen-bond acceptors (Lipinski definition) is 6. The molecule has 0 amide bonds. The highest BCUT2D eigenvalue weighted by Gasteiger charge is 2.19. The number of aromatic amines is 1. The first-order chi connectivity index (χ1) is 11.4. The van der Waals surface area contributed by atoms with Crippen LogP contribution >= 0.6 is 0 Å². The van der Waals surface area contributed by atoms with Gasteiger partial charge in [-0.1, -0.05) is 0 Å². The van der Waals surface area contributed by atoms with Crippen molar-refractivity contribution in [1.82, 2.24) is 34.6 Å². The molecule has 0 aromatic carbocycles. The van der Waals surface area contributed by atoms with Gasteiger partial charge in [0.15, 0.2) is 0 Å². The SMILES string of the molecule is c1cnc(NCc2cc3n(n2)CCN(Cc2ncc[nH]2)C3)nc1. The van der Waals surface area contributed by atoms with Crippen LogP contribution in [0.5, 0.6) is 0 Å². The van der Waals surface area contributed by atoms with E-state index in [1.807, 2.05) is 6.20 Å². The smallest absolute Gasteiger partial charge is 0.222 e. The summed E-state index contributed by atoms with van der Waals surface area (Å²) in [4.78, 5) is 18.1. The molecule has 8 heteroatoms. The molecule has 0 bridgehead atoms. The predicted octanol–water partition coefficient (Wildman–Crippen LogP) is 1.02. The fourth-order valence-electron chi connectivity index (χ4n) is 2.76. The summed E-state index contributed by atoms with van der Waals surface area (Å²) in [6, 6.07) is 3.94. The van der Waals surface area contributed by atoms with Gasteiger partial charge in [-0.15, -0.1) is 0 Å². The number of anilines is 1. The lowest BCUT2D eigenvalue weighted by molar-refractivity contribution is 0.201. The third-order valence-corrected chi connectivity index (χ3v) is 3.85. The second kappa shape index (κ2) is 6.17. The lowest BCUT2D eigenvalue weighted by Crippen LogP contribution is -2.33. The third kappa shape index (κ3) is 3.21. The number of rotatable bonds is 5. The van der Waals surface area contributed by atoms with Crippen molar-refractivity contribution in [3.05, 3.63) is 54.1 Å². The molecule has 0 aliphatic carbocycles. The first-order valence-corrected chi connectivity index (χ1v) is 7.64. The van der Waals surface area contributed by atoms with Crippen LogP contribution in [0, 0.1) is 0 Å². The number of H-pyrrole nitrogens is 1. The Labute approximate surface area is 133 Å². The molecule has 0 fully saturated rings. The fourth-order valence-corrected chi connectivity index (χ4v) is 2.76. The van der Waals surface area contributed by atoms with Gasteiger partial charge in [0.05, 0.1) is 31.0 Å². The maximum atomic E-state index is 4.65. The Balaban J connectivity index is 1.39. The molecular formula is C15H18N8. The molecular weight excluding hydrogens is 292 g/mol. The fraction of sp³-hybridized carbons (Fsp3) is 0.333. The Hall–Kier alpha value is -2.74. The molecule has 118 valence electrons. The van der Waals surface area contributed by atoms with Crippen molar-refractivity contribution in [1.29, 1.82) is 0 Å². The molecule has 1 aliphatic rings.